The summed E-state index contributed by atoms with van der Waals surface area (Å²) in [4.78, 5) is 19.2. The largest absolute Gasteiger partial charge is 0.477 e. The predicted molar refractivity (Wildman–Crippen MR) is 87.7 cm³/mol. The number of aryl methyl sites for hydroxylation is 2. The molecule has 122 valence electrons. The number of piperidine rings is 1. The lowest BCUT2D eigenvalue weighted by Crippen LogP contribution is -2.39. The number of likely N-dealkylation sites (tertiary alicyclic amines) is 1. The third kappa shape index (κ3) is 3.67. The standard InChI is InChI=1S/C16H20N4O2S/c1-11-4-3-7-17-15(11)22-10-13-5-8-20(9-6-13)16(21)14-12(2)18-19-23-14/h3-4,7,13H,5-6,8-10H2,1-2H3. The molecule has 0 spiro atoms. The van der Waals surface area contributed by atoms with Crippen molar-refractivity contribution in [3.63, 3.8) is 0 Å². The summed E-state index contributed by atoms with van der Waals surface area (Å²) in [7, 11) is 0. The third-order valence-corrected chi connectivity index (χ3v) is 4.98. The van der Waals surface area contributed by atoms with Crippen molar-refractivity contribution in [3.05, 3.63) is 34.5 Å². The molecule has 6 nitrogen and oxygen atoms in total. The molecule has 1 saturated heterocycles. The van der Waals surface area contributed by atoms with Gasteiger partial charge in [-0.2, -0.15) is 0 Å². The Hall–Kier alpha value is -2.02. The molecule has 0 unspecified atom stereocenters. The number of nitrogens with zero attached hydrogens (tertiary/aromatic N) is 4. The van der Waals surface area contributed by atoms with Gasteiger partial charge in [-0.15, -0.1) is 5.10 Å². The van der Waals surface area contributed by atoms with E-state index in [2.05, 4.69) is 14.6 Å². The molecule has 1 aliphatic rings. The average molecular weight is 332 g/mol. The Morgan fingerprint density at radius 2 is 2.17 bits per heavy atom. The number of carbonyl (C=O) groups is 1. The van der Waals surface area contributed by atoms with Crippen LogP contribution >= 0.6 is 11.5 Å². The van der Waals surface area contributed by atoms with Gasteiger partial charge in [0.05, 0.1) is 12.3 Å². The molecule has 2 aromatic rings. The highest BCUT2D eigenvalue weighted by Crippen LogP contribution is 2.22. The van der Waals surface area contributed by atoms with Crippen molar-refractivity contribution in [1.29, 1.82) is 0 Å². The molecule has 0 atom stereocenters. The number of ether oxygens (including phenoxy) is 1. The maximum absolute atomic E-state index is 12.4. The fourth-order valence-electron chi connectivity index (χ4n) is 2.69. The summed E-state index contributed by atoms with van der Waals surface area (Å²) in [5.74, 6) is 1.22. The number of pyridine rings is 1. The van der Waals surface area contributed by atoms with Gasteiger partial charge in [0.25, 0.3) is 5.91 Å². The maximum atomic E-state index is 12.4. The maximum Gasteiger partial charge on any atom is 0.267 e. The zero-order chi connectivity index (χ0) is 16.2. The van der Waals surface area contributed by atoms with E-state index in [9.17, 15) is 4.79 Å². The summed E-state index contributed by atoms with van der Waals surface area (Å²) in [5, 5.41) is 3.91. The monoisotopic (exact) mass is 332 g/mol. The molecule has 23 heavy (non-hydrogen) atoms. The summed E-state index contributed by atoms with van der Waals surface area (Å²) in [6, 6.07) is 3.90. The Morgan fingerprint density at radius 3 is 2.83 bits per heavy atom. The molecule has 0 N–H and O–H groups in total. The summed E-state index contributed by atoms with van der Waals surface area (Å²) in [5.41, 5.74) is 1.77. The molecule has 0 bridgehead atoms. The fourth-order valence-corrected chi connectivity index (χ4v) is 3.32. The van der Waals surface area contributed by atoms with Crippen LogP contribution in [0.15, 0.2) is 18.3 Å². The normalized spacial score (nSPS) is 15.7. The third-order valence-electron chi connectivity index (χ3n) is 4.16. The molecule has 0 aromatic carbocycles. The fraction of sp³-hybridized carbons (Fsp3) is 0.500. The van der Waals surface area contributed by atoms with Gasteiger partial charge in [0.15, 0.2) is 0 Å². The van der Waals surface area contributed by atoms with E-state index < -0.39 is 0 Å². The first-order valence-electron chi connectivity index (χ1n) is 7.78. The molecule has 0 radical (unpaired) electrons. The quantitative estimate of drug-likeness (QED) is 0.860. The van der Waals surface area contributed by atoms with Crippen molar-refractivity contribution < 1.29 is 9.53 Å². The summed E-state index contributed by atoms with van der Waals surface area (Å²) >= 11 is 1.18. The molecule has 1 aliphatic heterocycles. The van der Waals surface area contributed by atoms with Gasteiger partial charge in [-0.05, 0) is 50.2 Å². The minimum atomic E-state index is 0.0532. The number of rotatable bonds is 4. The zero-order valence-corrected chi connectivity index (χ0v) is 14.2. The summed E-state index contributed by atoms with van der Waals surface area (Å²) in [6.07, 6.45) is 3.64. The van der Waals surface area contributed by atoms with E-state index in [-0.39, 0.29) is 5.91 Å². The number of hydrogen-bond donors (Lipinski definition) is 0. The minimum Gasteiger partial charge on any atom is -0.477 e. The lowest BCUT2D eigenvalue weighted by molar-refractivity contribution is 0.0663. The Morgan fingerprint density at radius 1 is 1.39 bits per heavy atom. The van der Waals surface area contributed by atoms with Gasteiger partial charge in [0, 0.05) is 24.8 Å². The van der Waals surface area contributed by atoms with Crippen molar-refractivity contribution in [3.8, 4) is 5.88 Å². The van der Waals surface area contributed by atoms with Crippen LogP contribution in [0.4, 0.5) is 0 Å². The van der Waals surface area contributed by atoms with E-state index >= 15 is 0 Å². The van der Waals surface area contributed by atoms with E-state index in [0.29, 0.717) is 23.3 Å². The Balaban J connectivity index is 1.50. The molecular formula is C16H20N4O2S. The molecular weight excluding hydrogens is 312 g/mol. The molecule has 0 aliphatic carbocycles. The van der Waals surface area contributed by atoms with Crippen LogP contribution in [0.5, 0.6) is 5.88 Å². The first kappa shape index (κ1) is 15.9. The van der Waals surface area contributed by atoms with Crippen LogP contribution in [0.1, 0.15) is 33.8 Å². The van der Waals surface area contributed by atoms with Crippen LogP contribution in [0.2, 0.25) is 0 Å². The van der Waals surface area contributed by atoms with Crippen molar-refractivity contribution in [2.45, 2.75) is 26.7 Å². The van der Waals surface area contributed by atoms with Gasteiger partial charge in [-0.25, -0.2) is 4.98 Å². The van der Waals surface area contributed by atoms with Crippen LogP contribution < -0.4 is 4.74 Å². The smallest absolute Gasteiger partial charge is 0.267 e. The van der Waals surface area contributed by atoms with Crippen molar-refractivity contribution in [2.75, 3.05) is 19.7 Å². The molecule has 1 fully saturated rings. The molecule has 1 amide bonds. The summed E-state index contributed by atoms with van der Waals surface area (Å²) < 4.78 is 9.67. The van der Waals surface area contributed by atoms with Gasteiger partial charge in [-0.1, -0.05) is 10.6 Å². The highest BCUT2D eigenvalue weighted by atomic mass is 32.1. The van der Waals surface area contributed by atoms with Gasteiger partial charge in [0.1, 0.15) is 4.88 Å². The molecule has 7 heteroatoms. The van der Waals surface area contributed by atoms with Crippen LogP contribution in [-0.4, -0.2) is 45.1 Å². The first-order chi connectivity index (χ1) is 11.1. The second-order valence-corrected chi connectivity index (χ2v) is 6.61. The minimum absolute atomic E-state index is 0.0532. The van der Waals surface area contributed by atoms with E-state index in [1.807, 2.05) is 30.9 Å². The SMILES string of the molecule is Cc1cccnc1OCC1CCN(C(=O)c2snnc2C)CC1. The van der Waals surface area contributed by atoms with Crippen LogP contribution in [-0.2, 0) is 0 Å². The van der Waals surface area contributed by atoms with Crippen molar-refractivity contribution >= 4 is 17.4 Å². The molecule has 0 saturated carbocycles. The predicted octanol–water partition coefficient (Wildman–Crippen LogP) is 2.48. The summed E-state index contributed by atoms with van der Waals surface area (Å²) in [6.45, 7) is 5.99. The van der Waals surface area contributed by atoms with Crippen molar-refractivity contribution in [2.24, 2.45) is 5.92 Å². The lowest BCUT2D eigenvalue weighted by atomic mass is 9.97. The molecule has 3 heterocycles. The highest BCUT2D eigenvalue weighted by Gasteiger charge is 2.26. The Bertz CT molecular complexity index is 680. The van der Waals surface area contributed by atoms with Gasteiger partial charge < -0.3 is 9.64 Å². The van der Waals surface area contributed by atoms with E-state index in [1.54, 1.807) is 6.20 Å². The van der Waals surface area contributed by atoms with Crippen LogP contribution in [0.3, 0.4) is 0 Å². The molecule has 2 aromatic heterocycles. The van der Waals surface area contributed by atoms with Crippen LogP contribution in [0.25, 0.3) is 0 Å². The van der Waals surface area contributed by atoms with E-state index in [4.69, 9.17) is 4.74 Å². The van der Waals surface area contributed by atoms with Crippen LogP contribution in [0, 0.1) is 19.8 Å². The number of aromatic nitrogens is 3. The second-order valence-electron chi connectivity index (χ2n) is 5.86. The molecule has 3 rings (SSSR count). The van der Waals surface area contributed by atoms with Crippen molar-refractivity contribution in [1.82, 2.24) is 19.5 Å². The second kappa shape index (κ2) is 7.04. The average Bonchev–Trinajstić information content (AvgIpc) is 3.00. The topological polar surface area (TPSA) is 68.2 Å². The van der Waals surface area contributed by atoms with Gasteiger partial charge >= 0.3 is 0 Å². The Labute approximate surface area is 139 Å². The highest BCUT2D eigenvalue weighted by molar-refractivity contribution is 7.07. The Kier molecular flexibility index (Phi) is 4.85. The lowest BCUT2D eigenvalue weighted by Gasteiger charge is -2.31. The van der Waals surface area contributed by atoms with Gasteiger partial charge in [0.2, 0.25) is 5.88 Å². The number of carbonyl (C=O) groups excluding carboxylic acids is 1. The van der Waals surface area contributed by atoms with E-state index in [1.165, 1.54) is 11.5 Å². The van der Waals surface area contributed by atoms with E-state index in [0.717, 1.165) is 37.2 Å². The first-order valence-corrected chi connectivity index (χ1v) is 8.55. The zero-order valence-electron chi connectivity index (χ0n) is 13.4. The van der Waals surface area contributed by atoms with Gasteiger partial charge in [-0.3, -0.25) is 4.79 Å². The number of amides is 1. The number of hydrogen-bond acceptors (Lipinski definition) is 6.